The van der Waals surface area contributed by atoms with Crippen molar-refractivity contribution in [3.63, 3.8) is 0 Å². The van der Waals surface area contributed by atoms with Gasteiger partial charge < -0.3 is 9.47 Å². The molecular formula is C26H18F12O2. The van der Waals surface area contributed by atoms with E-state index in [-0.39, 0.29) is 35.8 Å². The van der Waals surface area contributed by atoms with Crippen molar-refractivity contribution < 1.29 is 62.2 Å². The van der Waals surface area contributed by atoms with Crippen molar-refractivity contribution >= 4 is 0 Å². The second kappa shape index (κ2) is 10.1. The Balaban J connectivity index is 2.37. The Morgan fingerprint density at radius 3 is 0.675 bits per heavy atom. The molecule has 0 saturated carbocycles. The number of benzene rings is 3. The van der Waals surface area contributed by atoms with E-state index in [1.807, 2.05) is 0 Å². The number of hydrogen-bond acceptors (Lipinski definition) is 2. The van der Waals surface area contributed by atoms with Gasteiger partial charge in [-0.1, -0.05) is 48.5 Å². The molecule has 0 radical (unpaired) electrons. The second-order valence-corrected chi connectivity index (χ2v) is 8.53. The van der Waals surface area contributed by atoms with Crippen LogP contribution in [-0.4, -0.2) is 38.9 Å². The average molecular weight is 590 g/mol. The van der Waals surface area contributed by atoms with E-state index >= 15 is 0 Å². The van der Waals surface area contributed by atoms with Crippen LogP contribution in [0.15, 0.2) is 72.8 Å². The monoisotopic (exact) mass is 590 g/mol. The largest absolute Gasteiger partial charge is 0.497 e. The maximum atomic E-state index is 14.4. The van der Waals surface area contributed by atoms with E-state index in [2.05, 4.69) is 0 Å². The Morgan fingerprint density at radius 2 is 0.525 bits per heavy atom. The van der Waals surface area contributed by atoms with Crippen molar-refractivity contribution in [1.82, 2.24) is 0 Å². The van der Waals surface area contributed by atoms with Crippen molar-refractivity contribution in [3.05, 3.63) is 95.1 Å². The summed E-state index contributed by atoms with van der Waals surface area (Å²) in [6.45, 7) is 0. The highest BCUT2D eigenvalue weighted by Crippen LogP contribution is 2.59. The fourth-order valence-electron chi connectivity index (χ4n) is 4.62. The van der Waals surface area contributed by atoms with Gasteiger partial charge in [-0.15, -0.1) is 0 Å². The summed E-state index contributed by atoms with van der Waals surface area (Å²) in [6.07, 6.45) is -24.5. The molecule has 3 rings (SSSR count). The highest BCUT2D eigenvalue weighted by molar-refractivity contribution is 5.50. The molecule has 14 heteroatoms. The highest BCUT2D eigenvalue weighted by atomic mass is 19.4. The van der Waals surface area contributed by atoms with Gasteiger partial charge in [0.1, 0.15) is 11.5 Å². The first kappa shape index (κ1) is 31.0. The van der Waals surface area contributed by atoms with Crippen molar-refractivity contribution in [2.24, 2.45) is 0 Å². The van der Waals surface area contributed by atoms with Gasteiger partial charge in [0, 0.05) is 0 Å². The predicted molar refractivity (Wildman–Crippen MR) is 118 cm³/mol. The highest BCUT2D eigenvalue weighted by Gasteiger charge is 2.74. The van der Waals surface area contributed by atoms with Crippen LogP contribution in [0.1, 0.15) is 22.3 Å². The van der Waals surface area contributed by atoms with Crippen LogP contribution >= 0.6 is 0 Å². The van der Waals surface area contributed by atoms with E-state index in [1.165, 1.54) is 0 Å². The maximum absolute atomic E-state index is 14.4. The molecule has 0 N–H and O–H groups in total. The van der Waals surface area contributed by atoms with Crippen molar-refractivity contribution in [3.8, 4) is 11.5 Å². The van der Waals surface area contributed by atoms with Gasteiger partial charge in [0.25, 0.3) is 0 Å². The van der Waals surface area contributed by atoms with E-state index in [9.17, 15) is 52.7 Å². The summed E-state index contributed by atoms with van der Waals surface area (Å²) in [6, 6.07) is 4.92. The second-order valence-electron chi connectivity index (χ2n) is 8.53. The number of methoxy groups -OCH3 is 2. The summed E-state index contributed by atoms with van der Waals surface area (Å²) in [4.78, 5) is 0. The van der Waals surface area contributed by atoms with Crippen LogP contribution in [0.4, 0.5) is 52.7 Å². The zero-order valence-corrected chi connectivity index (χ0v) is 20.3. The van der Waals surface area contributed by atoms with Gasteiger partial charge in [-0.3, -0.25) is 0 Å². The zero-order valence-electron chi connectivity index (χ0n) is 20.3. The van der Waals surface area contributed by atoms with Crippen LogP contribution in [0.2, 0.25) is 0 Å². The van der Waals surface area contributed by atoms with Gasteiger partial charge in [0.15, 0.2) is 0 Å². The maximum Gasteiger partial charge on any atom is 0.411 e. The van der Waals surface area contributed by atoms with E-state index in [0.29, 0.717) is 24.3 Å². The molecule has 0 aliphatic carbocycles. The SMILES string of the molecule is COc1ccc(C(c2ccc(C(c3ccc(OC)cc3)(C(F)(F)F)C(F)(F)F)cc2)(C(F)(F)F)C(F)(F)F)cc1. The lowest BCUT2D eigenvalue weighted by Crippen LogP contribution is -2.55. The standard InChI is InChI=1S/C26H18F12O2/c1-39-19-11-7-17(8-12-19)21(23(27,28)29,24(30,31)32)15-3-5-16(6-4-15)22(25(33,34)35,26(36,37)38)18-9-13-20(40-2)14-10-18/h3-14H,1-2H3. The van der Waals surface area contributed by atoms with Gasteiger partial charge in [-0.25, -0.2) is 0 Å². The predicted octanol–water partition coefficient (Wildman–Crippen LogP) is 8.53. The molecule has 0 aliphatic rings. The Morgan fingerprint density at radius 1 is 0.350 bits per heavy atom. The lowest BCUT2D eigenvalue weighted by atomic mass is 9.69. The molecule has 0 aliphatic heterocycles. The van der Waals surface area contributed by atoms with Gasteiger partial charge >= 0.3 is 24.7 Å². The van der Waals surface area contributed by atoms with Crippen LogP contribution in [0.5, 0.6) is 11.5 Å². The number of ether oxygens (including phenoxy) is 2. The molecule has 0 heterocycles. The first-order valence-electron chi connectivity index (χ1n) is 11.0. The quantitative estimate of drug-likeness (QED) is 0.268. The first-order valence-corrected chi connectivity index (χ1v) is 11.0. The summed E-state index contributed by atoms with van der Waals surface area (Å²) in [5.41, 5.74) is -15.7. The molecular weight excluding hydrogens is 572 g/mol. The molecule has 0 atom stereocenters. The Bertz CT molecular complexity index is 1150. The molecule has 0 bridgehead atoms. The molecule has 3 aromatic rings. The van der Waals surface area contributed by atoms with Crippen LogP contribution in [0.3, 0.4) is 0 Å². The van der Waals surface area contributed by atoms with Gasteiger partial charge in [-0.05, 0) is 46.5 Å². The van der Waals surface area contributed by atoms with E-state index in [1.54, 1.807) is 0 Å². The van der Waals surface area contributed by atoms with Crippen LogP contribution in [0, 0.1) is 0 Å². The van der Waals surface area contributed by atoms with Crippen molar-refractivity contribution in [2.45, 2.75) is 35.5 Å². The minimum absolute atomic E-state index is 0.0314. The van der Waals surface area contributed by atoms with Crippen molar-refractivity contribution in [1.29, 1.82) is 0 Å². The Labute approximate surface area is 219 Å². The molecule has 0 fully saturated rings. The minimum Gasteiger partial charge on any atom is -0.497 e. The van der Waals surface area contributed by atoms with Crippen LogP contribution < -0.4 is 9.47 Å². The third-order valence-corrected chi connectivity index (χ3v) is 6.50. The molecule has 0 amide bonds. The number of alkyl halides is 12. The molecule has 0 aromatic heterocycles. The van der Waals surface area contributed by atoms with Crippen LogP contribution in [0.25, 0.3) is 0 Å². The Hall–Kier alpha value is -3.58. The van der Waals surface area contributed by atoms with Gasteiger partial charge in [-0.2, -0.15) is 52.7 Å². The summed E-state index contributed by atoms with van der Waals surface area (Å²) in [7, 11) is 2.20. The Kier molecular flexibility index (Phi) is 7.83. The summed E-state index contributed by atoms with van der Waals surface area (Å²) in [5.74, 6) is -0.200. The smallest absolute Gasteiger partial charge is 0.411 e. The molecule has 3 aromatic carbocycles. The van der Waals surface area contributed by atoms with Crippen molar-refractivity contribution in [2.75, 3.05) is 14.2 Å². The van der Waals surface area contributed by atoms with E-state index in [4.69, 9.17) is 9.47 Å². The molecule has 218 valence electrons. The number of halogens is 12. The van der Waals surface area contributed by atoms with Gasteiger partial charge in [0.2, 0.25) is 10.8 Å². The number of rotatable bonds is 6. The van der Waals surface area contributed by atoms with Crippen LogP contribution in [-0.2, 0) is 10.8 Å². The topological polar surface area (TPSA) is 18.5 Å². The molecule has 40 heavy (non-hydrogen) atoms. The lowest BCUT2D eigenvalue weighted by molar-refractivity contribution is -0.291. The summed E-state index contributed by atoms with van der Waals surface area (Å²) in [5, 5.41) is 0. The molecule has 0 unspecified atom stereocenters. The summed E-state index contributed by atoms with van der Waals surface area (Å²) < 4.78 is 182. The lowest BCUT2D eigenvalue weighted by Gasteiger charge is -2.40. The summed E-state index contributed by atoms with van der Waals surface area (Å²) >= 11 is 0. The third kappa shape index (κ3) is 4.70. The number of hydrogen-bond donors (Lipinski definition) is 0. The fourth-order valence-corrected chi connectivity index (χ4v) is 4.62. The first-order chi connectivity index (χ1) is 18.3. The average Bonchev–Trinajstić information content (AvgIpc) is 2.83. The molecule has 2 nitrogen and oxygen atoms in total. The molecule has 0 spiro atoms. The fraction of sp³-hybridized carbons (Fsp3) is 0.308. The molecule has 0 saturated heterocycles. The van der Waals surface area contributed by atoms with Gasteiger partial charge in [0.05, 0.1) is 14.2 Å². The zero-order chi connectivity index (χ0) is 30.4. The van der Waals surface area contributed by atoms with E-state index < -0.39 is 57.8 Å². The minimum atomic E-state index is -6.12. The third-order valence-electron chi connectivity index (χ3n) is 6.50. The van der Waals surface area contributed by atoms with E-state index in [0.717, 1.165) is 38.5 Å². The normalized spacial score (nSPS) is 13.8.